The van der Waals surface area contributed by atoms with Gasteiger partial charge in [-0.15, -0.1) is 0 Å². The van der Waals surface area contributed by atoms with Crippen molar-refractivity contribution in [2.45, 2.75) is 6.54 Å². The van der Waals surface area contributed by atoms with Gasteiger partial charge in [0.15, 0.2) is 0 Å². The van der Waals surface area contributed by atoms with Crippen molar-refractivity contribution in [1.29, 1.82) is 0 Å². The Morgan fingerprint density at radius 2 is 1.80 bits per heavy atom. The van der Waals surface area contributed by atoms with Crippen LogP contribution < -0.4 is 5.32 Å². The molecule has 20 heavy (non-hydrogen) atoms. The first-order valence-corrected chi connectivity index (χ1v) is 6.27. The maximum Gasteiger partial charge on any atom is 0.371 e. The van der Waals surface area contributed by atoms with Gasteiger partial charge in [-0.2, -0.15) is 0 Å². The Morgan fingerprint density at radius 1 is 1.15 bits per heavy atom. The first-order chi connectivity index (χ1) is 9.45. The Labute approximate surface area is 124 Å². The molecule has 2 aromatic rings. The van der Waals surface area contributed by atoms with Crippen molar-refractivity contribution in [3.05, 3.63) is 57.5 Å². The summed E-state index contributed by atoms with van der Waals surface area (Å²) in [5, 5.41) is 12.0. The van der Waals surface area contributed by atoms with Crippen molar-refractivity contribution in [3.63, 3.8) is 0 Å². The monoisotopic (exact) mass is 313 g/mol. The maximum atomic E-state index is 11.9. The molecule has 0 saturated heterocycles. The van der Waals surface area contributed by atoms with Crippen molar-refractivity contribution in [3.8, 4) is 0 Å². The zero-order valence-corrected chi connectivity index (χ0v) is 11.5. The number of carboxylic acids is 1. The minimum Gasteiger partial charge on any atom is -0.475 e. The van der Waals surface area contributed by atoms with Crippen molar-refractivity contribution in [2.24, 2.45) is 0 Å². The molecule has 1 aromatic carbocycles. The van der Waals surface area contributed by atoms with Gasteiger partial charge in [-0.1, -0.05) is 23.2 Å². The number of aromatic carboxylic acids is 1. The average Bonchev–Trinajstić information content (AvgIpc) is 2.83. The number of rotatable bonds is 4. The van der Waals surface area contributed by atoms with Crippen LogP contribution in [0.2, 0.25) is 10.0 Å². The Balaban J connectivity index is 2.02. The zero-order valence-electron chi connectivity index (χ0n) is 10.0. The van der Waals surface area contributed by atoms with E-state index >= 15 is 0 Å². The molecular formula is C13H9Cl2NO4. The highest BCUT2D eigenvalue weighted by Gasteiger charge is 2.11. The topological polar surface area (TPSA) is 79.5 Å². The lowest BCUT2D eigenvalue weighted by Gasteiger charge is -2.04. The van der Waals surface area contributed by atoms with E-state index in [2.05, 4.69) is 5.32 Å². The molecule has 1 aromatic heterocycles. The SMILES string of the molecule is O=C(NCc1ccc(C(=O)O)o1)c1cc(Cl)cc(Cl)c1. The molecule has 0 fully saturated rings. The van der Waals surface area contributed by atoms with E-state index in [1.807, 2.05) is 0 Å². The van der Waals surface area contributed by atoms with Crippen molar-refractivity contribution in [2.75, 3.05) is 0 Å². The standard InChI is InChI=1S/C13H9Cl2NO4/c14-8-3-7(4-9(15)5-8)12(17)16-6-10-1-2-11(20-10)13(18)19/h1-5H,6H2,(H,16,17)(H,18,19). The van der Waals surface area contributed by atoms with E-state index in [1.165, 1.54) is 30.3 Å². The van der Waals surface area contributed by atoms with E-state index in [0.717, 1.165) is 0 Å². The molecule has 104 valence electrons. The molecule has 1 heterocycles. The smallest absolute Gasteiger partial charge is 0.371 e. The molecule has 0 atom stereocenters. The van der Waals surface area contributed by atoms with Gasteiger partial charge < -0.3 is 14.8 Å². The molecule has 7 heteroatoms. The molecule has 2 rings (SSSR count). The van der Waals surface area contributed by atoms with Gasteiger partial charge in [0.2, 0.25) is 5.76 Å². The first-order valence-electron chi connectivity index (χ1n) is 5.52. The van der Waals surface area contributed by atoms with E-state index < -0.39 is 5.97 Å². The molecule has 5 nitrogen and oxygen atoms in total. The molecule has 2 N–H and O–H groups in total. The molecular weight excluding hydrogens is 305 g/mol. The lowest BCUT2D eigenvalue weighted by Crippen LogP contribution is -2.22. The maximum absolute atomic E-state index is 11.9. The van der Waals surface area contributed by atoms with Crippen LogP contribution in [0.5, 0.6) is 0 Å². The number of furan rings is 1. The minimum absolute atomic E-state index is 0.0657. The predicted molar refractivity (Wildman–Crippen MR) is 73.3 cm³/mol. The number of carboxylic acid groups (broad SMARTS) is 1. The fourth-order valence-electron chi connectivity index (χ4n) is 1.54. The van der Waals surface area contributed by atoms with Gasteiger partial charge in [0.25, 0.3) is 5.91 Å². The number of carbonyl (C=O) groups excluding carboxylic acids is 1. The number of benzene rings is 1. The molecule has 0 aliphatic rings. The highest BCUT2D eigenvalue weighted by atomic mass is 35.5. The third-order valence-electron chi connectivity index (χ3n) is 2.42. The highest BCUT2D eigenvalue weighted by Crippen LogP contribution is 2.19. The lowest BCUT2D eigenvalue weighted by molar-refractivity contribution is 0.0660. The lowest BCUT2D eigenvalue weighted by atomic mass is 10.2. The fraction of sp³-hybridized carbons (Fsp3) is 0.0769. The van der Waals surface area contributed by atoms with E-state index in [4.69, 9.17) is 32.7 Å². The van der Waals surface area contributed by atoms with Crippen LogP contribution >= 0.6 is 23.2 Å². The van der Waals surface area contributed by atoms with Crippen LogP contribution in [0.4, 0.5) is 0 Å². The molecule has 0 aliphatic heterocycles. The van der Waals surface area contributed by atoms with Crippen LogP contribution in [-0.2, 0) is 6.54 Å². The summed E-state index contributed by atoms with van der Waals surface area (Å²) in [5.74, 6) is -1.39. The quantitative estimate of drug-likeness (QED) is 0.908. The van der Waals surface area contributed by atoms with Crippen molar-refractivity contribution < 1.29 is 19.1 Å². The zero-order chi connectivity index (χ0) is 14.7. The molecule has 0 aliphatic carbocycles. The van der Waals surface area contributed by atoms with Crippen LogP contribution in [0.25, 0.3) is 0 Å². The van der Waals surface area contributed by atoms with E-state index in [0.29, 0.717) is 21.4 Å². The summed E-state index contributed by atoms with van der Waals surface area (Å²) < 4.78 is 5.01. The molecule has 0 radical (unpaired) electrons. The van der Waals surface area contributed by atoms with Gasteiger partial charge in [-0.25, -0.2) is 4.79 Å². The van der Waals surface area contributed by atoms with Crippen LogP contribution in [0, 0.1) is 0 Å². The summed E-state index contributed by atoms with van der Waals surface area (Å²) in [6.07, 6.45) is 0. The molecule has 0 unspecified atom stereocenters. The second-order valence-corrected chi connectivity index (χ2v) is 4.78. The Bertz CT molecular complexity index is 646. The van der Waals surface area contributed by atoms with E-state index in [-0.39, 0.29) is 18.2 Å². The number of amides is 1. The predicted octanol–water partition coefficient (Wildman–Crippen LogP) is 3.21. The minimum atomic E-state index is -1.16. The van der Waals surface area contributed by atoms with Gasteiger partial charge in [-0.05, 0) is 30.3 Å². The van der Waals surface area contributed by atoms with Crippen LogP contribution in [-0.4, -0.2) is 17.0 Å². The first kappa shape index (κ1) is 14.4. The summed E-state index contributed by atoms with van der Waals surface area (Å²) >= 11 is 11.6. The number of hydrogen-bond donors (Lipinski definition) is 2. The Kier molecular flexibility index (Phi) is 4.32. The average molecular weight is 314 g/mol. The second kappa shape index (κ2) is 5.98. The summed E-state index contributed by atoms with van der Waals surface area (Å²) in [4.78, 5) is 22.5. The van der Waals surface area contributed by atoms with Crippen molar-refractivity contribution >= 4 is 35.1 Å². The van der Waals surface area contributed by atoms with Gasteiger partial charge in [0, 0.05) is 15.6 Å². The Morgan fingerprint density at radius 3 is 2.35 bits per heavy atom. The molecule has 0 bridgehead atoms. The van der Waals surface area contributed by atoms with Gasteiger partial charge in [-0.3, -0.25) is 4.79 Å². The summed E-state index contributed by atoms with van der Waals surface area (Å²) in [6.45, 7) is 0.0657. The number of hydrogen-bond acceptors (Lipinski definition) is 3. The van der Waals surface area contributed by atoms with Crippen LogP contribution in [0.3, 0.4) is 0 Å². The van der Waals surface area contributed by atoms with Crippen LogP contribution in [0.15, 0.2) is 34.7 Å². The third kappa shape index (κ3) is 3.53. The third-order valence-corrected chi connectivity index (χ3v) is 2.86. The van der Waals surface area contributed by atoms with Gasteiger partial charge in [0.05, 0.1) is 6.54 Å². The molecule has 1 amide bonds. The van der Waals surface area contributed by atoms with E-state index in [9.17, 15) is 9.59 Å². The van der Waals surface area contributed by atoms with Crippen LogP contribution in [0.1, 0.15) is 26.7 Å². The molecule has 0 saturated carbocycles. The number of carbonyl (C=O) groups is 2. The number of halogens is 2. The van der Waals surface area contributed by atoms with Crippen molar-refractivity contribution in [1.82, 2.24) is 5.32 Å². The summed E-state index contributed by atoms with van der Waals surface area (Å²) in [5.41, 5.74) is 0.313. The number of nitrogens with one attached hydrogen (secondary N) is 1. The normalized spacial score (nSPS) is 10.3. The fourth-order valence-corrected chi connectivity index (χ4v) is 2.07. The Hall–Kier alpha value is -1.98. The van der Waals surface area contributed by atoms with Gasteiger partial charge in [0.1, 0.15) is 5.76 Å². The van der Waals surface area contributed by atoms with E-state index in [1.54, 1.807) is 0 Å². The largest absolute Gasteiger partial charge is 0.475 e. The molecule has 0 spiro atoms. The second-order valence-electron chi connectivity index (χ2n) is 3.91. The summed E-state index contributed by atoms with van der Waals surface area (Å²) in [6, 6.07) is 7.28. The van der Waals surface area contributed by atoms with Gasteiger partial charge >= 0.3 is 5.97 Å². The summed E-state index contributed by atoms with van der Waals surface area (Å²) in [7, 11) is 0. The highest BCUT2D eigenvalue weighted by molar-refractivity contribution is 6.35.